The average Bonchev–Trinajstić information content (AvgIpc) is 2.94. The monoisotopic (exact) mass is 292 g/mol. The molecule has 6 heteroatoms. The van der Waals surface area contributed by atoms with Gasteiger partial charge in [-0.05, 0) is 19.8 Å². The Morgan fingerprint density at radius 1 is 1.43 bits per heavy atom. The molecule has 2 heterocycles. The predicted octanol–water partition coefficient (Wildman–Crippen LogP) is 1.42. The molecule has 116 valence electrons. The summed E-state index contributed by atoms with van der Waals surface area (Å²) in [5, 5.41) is 7.15. The van der Waals surface area contributed by atoms with E-state index in [9.17, 15) is 9.59 Å². The number of hydrogen-bond acceptors (Lipinski definition) is 3. The SMILES string of the molecule is CC(C)Cn1cc(N2C[C@H](C(=O)NC(C)C)CC2=O)cn1. The molecule has 0 saturated carbocycles. The first-order chi connectivity index (χ1) is 9.86. The fourth-order valence-electron chi connectivity index (χ4n) is 2.50. The molecule has 0 radical (unpaired) electrons. The number of rotatable bonds is 5. The first kappa shape index (κ1) is 15.5. The minimum absolute atomic E-state index is 0.0111. The van der Waals surface area contributed by atoms with Crippen LogP contribution in [0.5, 0.6) is 0 Å². The van der Waals surface area contributed by atoms with Crippen LogP contribution in [0.25, 0.3) is 0 Å². The van der Waals surface area contributed by atoms with Crippen LogP contribution in [0.2, 0.25) is 0 Å². The second-order valence-corrected chi connectivity index (χ2v) is 6.38. The molecule has 1 aromatic rings. The van der Waals surface area contributed by atoms with Gasteiger partial charge >= 0.3 is 0 Å². The van der Waals surface area contributed by atoms with Crippen molar-refractivity contribution in [2.24, 2.45) is 11.8 Å². The van der Waals surface area contributed by atoms with Gasteiger partial charge in [0.05, 0.1) is 17.8 Å². The summed E-state index contributed by atoms with van der Waals surface area (Å²) < 4.78 is 1.84. The van der Waals surface area contributed by atoms with Crippen LogP contribution in [-0.4, -0.2) is 34.2 Å². The van der Waals surface area contributed by atoms with Gasteiger partial charge in [-0.1, -0.05) is 13.8 Å². The van der Waals surface area contributed by atoms with Gasteiger partial charge in [0.1, 0.15) is 0 Å². The molecule has 0 aliphatic carbocycles. The zero-order valence-corrected chi connectivity index (χ0v) is 13.2. The normalized spacial score (nSPS) is 18.9. The summed E-state index contributed by atoms with van der Waals surface area (Å²) in [5.74, 6) is 0.170. The van der Waals surface area contributed by atoms with Gasteiger partial charge in [-0.3, -0.25) is 14.3 Å². The van der Waals surface area contributed by atoms with Gasteiger partial charge in [-0.2, -0.15) is 5.10 Å². The first-order valence-corrected chi connectivity index (χ1v) is 7.50. The highest BCUT2D eigenvalue weighted by Gasteiger charge is 2.35. The number of nitrogens with one attached hydrogen (secondary N) is 1. The Labute approximate surface area is 125 Å². The second-order valence-electron chi connectivity index (χ2n) is 6.38. The molecule has 1 fully saturated rings. The first-order valence-electron chi connectivity index (χ1n) is 7.50. The minimum Gasteiger partial charge on any atom is -0.354 e. The molecule has 0 bridgehead atoms. The fourth-order valence-corrected chi connectivity index (χ4v) is 2.50. The van der Waals surface area contributed by atoms with Crippen molar-refractivity contribution in [2.45, 2.75) is 46.7 Å². The summed E-state index contributed by atoms with van der Waals surface area (Å²) in [6, 6.07) is 0.0930. The van der Waals surface area contributed by atoms with Crippen molar-refractivity contribution in [3.8, 4) is 0 Å². The Morgan fingerprint density at radius 3 is 2.76 bits per heavy atom. The number of amides is 2. The highest BCUT2D eigenvalue weighted by molar-refractivity contribution is 6.00. The minimum atomic E-state index is -0.270. The van der Waals surface area contributed by atoms with Gasteiger partial charge < -0.3 is 10.2 Å². The van der Waals surface area contributed by atoms with Gasteiger partial charge in [-0.15, -0.1) is 0 Å². The standard InChI is InChI=1S/C15H24N4O2/c1-10(2)7-18-9-13(6-16-18)19-8-12(5-14(19)20)15(21)17-11(3)4/h6,9-12H,5,7-8H2,1-4H3,(H,17,21)/t12-/m1/s1. The number of carbonyl (C=O) groups is 2. The molecule has 2 rings (SSSR count). The van der Waals surface area contributed by atoms with E-state index in [0.29, 0.717) is 12.5 Å². The van der Waals surface area contributed by atoms with Crippen molar-refractivity contribution in [3.63, 3.8) is 0 Å². The van der Waals surface area contributed by atoms with Crippen molar-refractivity contribution in [2.75, 3.05) is 11.4 Å². The summed E-state index contributed by atoms with van der Waals surface area (Å²) in [6.07, 6.45) is 3.84. The molecule has 0 unspecified atom stereocenters. The van der Waals surface area contributed by atoms with E-state index in [2.05, 4.69) is 24.3 Å². The third-order valence-corrected chi connectivity index (χ3v) is 3.41. The Morgan fingerprint density at radius 2 is 2.14 bits per heavy atom. The third kappa shape index (κ3) is 3.83. The van der Waals surface area contributed by atoms with Gasteiger partial charge in [0.2, 0.25) is 11.8 Å². The van der Waals surface area contributed by atoms with E-state index in [1.54, 1.807) is 11.1 Å². The summed E-state index contributed by atoms with van der Waals surface area (Å²) in [6.45, 7) is 9.33. The van der Waals surface area contributed by atoms with E-state index in [1.165, 1.54) is 0 Å². The van der Waals surface area contributed by atoms with Crippen LogP contribution in [0, 0.1) is 11.8 Å². The third-order valence-electron chi connectivity index (χ3n) is 3.41. The quantitative estimate of drug-likeness (QED) is 0.892. The number of nitrogens with zero attached hydrogens (tertiary/aromatic N) is 3. The van der Waals surface area contributed by atoms with Crippen molar-refractivity contribution in [3.05, 3.63) is 12.4 Å². The zero-order valence-electron chi connectivity index (χ0n) is 13.2. The molecule has 0 spiro atoms. The fraction of sp³-hybridized carbons (Fsp3) is 0.667. The van der Waals surface area contributed by atoms with Crippen molar-refractivity contribution >= 4 is 17.5 Å². The summed E-state index contributed by atoms with van der Waals surface area (Å²) in [5.41, 5.74) is 0.778. The molecule has 1 aliphatic rings. The van der Waals surface area contributed by atoms with Gasteiger partial charge in [-0.25, -0.2) is 0 Å². The Hall–Kier alpha value is -1.85. The van der Waals surface area contributed by atoms with Gasteiger partial charge in [0, 0.05) is 31.7 Å². The van der Waals surface area contributed by atoms with Crippen LogP contribution in [0.3, 0.4) is 0 Å². The van der Waals surface area contributed by atoms with Crippen molar-refractivity contribution in [1.82, 2.24) is 15.1 Å². The lowest BCUT2D eigenvalue weighted by molar-refractivity contribution is -0.126. The Kier molecular flexibility index (Phi) is 4.65. The molecule has 21 heavy (non-hydrogen) atoms. The average molecular weight is 292 g/mol. The van der Waals surface area contributed by atoms with Gasteiger partial charge in [0.25, 0.3) is 0 Å². The molecule has 1 atom stereocenters. The maximum absolute atomic E-state index is 12.1. The molecule has 1 aromatic heterocycles. The smallest absolute Gasteiger partial charge is 0.227 e. The van der Waals surface area contributed by atoms with Crippen LogP contribution < -0.4 is 10.2 Å². The lowest BCUT2D eigenvalue weighted by Gasteiger charge is -2.15. The lowest BCUT2D eigenvalue weighted by Crippen LogP contribution is -2.36. The van der Waals surface area contributed by atoms with E-state index in [4.69, 9.17) is 0 Å². The van der Waals surface area contributed by atoms with E-state index in [1.807, 2.05) is 24.7 Å². The van der Waals surface area contributed by atoms with Crippen LogP contribution in [0.4, 0.5) is 5.69 Å². The molecular formula is C15H24N4O2. The maximum atomic E-state index is 12.1. The summed E-state index contributed by atoms with van der Waals surface area (Å²) >= 11 is 0. The molecule has 0 aromatic carbocycles. The van der Waals surface area contributed by atoms with E-state index < -0.39 is 0 Å². The van der Waals surface area contributed by atoms with Crippen LogP contribution in [0.15, 0.2) is 12.4 Å². The number of carbonyl (C=O) groups excluding carboxylic acids is 2. The van der Waals surface area contributed by atoms with E-state index in [-0.39, 0.29) is 30.2 Å². The summed E-state index contributed by atoms with van der Waals surface area (Å²) in [7, 11) is 0. The number of anilines is 1. The highest BCUT2D eigenvalue weighted by atomic mass is 16.2. The lowest BCUT2D eigenvalue weighted by atomic mass is 10.1. The second kappa shape index (κ2) is 6.28. The molecule has 1 saturated heterocycles. The summed E-state index contributed by atoms with van der Waals surface area (Å²) in [4.78, 5) is 25.8. The largest absolute Gasteiger partial charge is 0.354 e. The van der Waals surface area contributed by atoms with Crippen molar-refractivity contribution < 1.29 is 9.59 Å². The number of aromatic nitrogens is 2. The Balaban J connectivity index is 2.03. The van der Waals surface area contributed by atoms with Crippen LogP contribution in [-0.2, 0) is 16.1 Å². The highest BCUT2D eigenvalue weighted by Crippen LogP contribution is 2.25. The van der Waals surface area contributed by atoms with Gasteiger partial charge in [0.15, 0.2) is 0 Å². The molecule has 6 nitrogen and oxygen atoms in total. The van der Waals surface area contributed by atoms with Crippen LogP contribution >= 0.6 is 0 Å². The molecule has 1 N–H and O–H groups in total. The van der Waals surface area contributed by atoms with Crippen molar-refractivity contribution in [1.29, 1.82) is 0 Å². The zero-order chi connectivity index (χ0) is 15.6. The van der Waals surface area contributed by atoms with Crippen LogP contribution in [0.1, 0.15) is 34.1 Å². The molecule has 1 aliphatic heterocycles. The predicted molar refractivity (Wildman–Crippen MR) is 80.8 cm³/mol. The molecular weight excluding hydrogens is 268 g/mol. The molecule has 2 amide bonds. The van der Waals surface area contributed by atoms with E-state index in [0.717, 1.165) is 12.2 Å². The topological polar surface area (TPSA) is 67.2 Å². The van der Waals surface area contributed by atoms with E-state index >= 15 is 0 Å². The maximum Gasteiger partial charge on any atom is 0.227 e. The Bertz CT molecular complexity index is 521. The number of hydrogen-bond donors (Lipinski definition) is 1.